The van der Waals surface area contributed by atoms with Crippen LogP contribution in [-0.2, 0) is 28.9 Å². The predicted molar refractivity (Wildman–Crippen MR) is 92.5 cm³/mol. The van der Waals surface area contributed by atoms with Crippen LogP contribution in [0.2, 0.25) is 0 Å². The van der Waals surface area contributed by atoms with Crippen LogP contribution in [0.3, 0.4) is 0 Å². The van der Waals surface area contributed by atoms with Gasteiger partial charge in [0.15, 0.2) is 0 Å². The van der Waals surface area contributed by atoms with Crippen LogP contribution >= 0.6 is 0 Å². The van der Waals surface area contributed by atoms with Gasteiger partial charge in [-0.3, -0.25) is 14.2 Å². The molecule has 3 heterocycles. The van der Waals surface area contributed by atoms with E-state index in [9.17, 15) is 13.2 Å². The van der Waals surface area contributed by atoms with Crippen molar-refractivity contribution in [1.29, 1.82) is 0 Å². The minimum atomic E-state index is -3.78. The van der Waals surface area contributed by atoms with Gasteiger partial charge in [0.1, 0.15) is 4.90 Å². The maximum atomic E-state index is 12.9. The van der Waals surface area contributed by atoms with Crippen LogP contribution in [0.1, 0.15) is 36.7 Å². The number of amides is 1. The van der Waals surface area contributed by atoms with Crippen molar-refractivity contribution in [3.63, 3.8) is 0 Å². The second kappa shape index (κ2) is 5.92. The lowest BCUT2D eigenvalue weighted by Crippen LogP contribution is -2.41. The first-order valence-corrected chi connectivity index (χ1v) is 10.1. The number of hydrogen-bond acceptors (Lipinski definition) is 5. The Labute approximate surface area is 152 Å². The van der Waals surface area contributed by atoms with Crippen LogP contribution in [0.4, 0.5) is 0 Å². The van der Waals surface area contributed by atoms with Crippen molar-refractivity contribution in [2.45, 2.75) is 49.2 Å². The number of rotatable bonds is 5. The second-order valence-electron chi connectivity index (χ2n) is 7.01. The molecule has 1 saturated carbocycles. The molecule has 2 fully saturated rings. The molecule has 0 aromatic carbocycles. The van der Waals surface area contributed by atoms with Crippen LogP contribution in [0.5, 0.6) is 0 Å². The molecule has 1 amide bonds. The Kier molecular flexibility index (Phi) is 3.92. The van der Waals surface area contributed by atoms with Crippen molar-refractivity contribution >= 4 is 15.9 Å². The normalized spacial score (nSPS) is 23.8. The number of carbonyl (C=O) groups is 1. The van der Waals surface area contributed by atoms with Crippen LogP contribution in [0.25, 0.3) is 0 Å². The molecule has 10 heteroatoms. The number of aromatic nitrogens is 4. The van der Waals surface area contributed by atoms with E-state index in [4.69, 9.17) is 0 Å². The Morgan fingerprint density at radius 1 is 1.19 bits per heavy atom. The fourth-order valence-corrected chi connectivity index (χ4v) is 5.12. The van der Waals surface area contributed by atoms with Gasteiger partial charge in [0.05, 0.1) is 29.7 Å². The first-order chi connectivity index (χ1) is 12.3. The third kappa shape index (κ3) is 2.73. The van der Waals surface area contributed by atoms with Crippen molar-refractivity contribution in [3.8, 4) is 0 Å². The van der Waals surface area contributed by atoms with E-state index in [1.807, 2.05) is 11.0 Å². The first-order valence-electron chi connectivity index (χ1n) is 8.59. The third-order valence-electron chi connectivity index (χ3n) is 5.25. The topological polar surface area (TPSA) is 102 Å². The molecule has 1 aliphatic carbocycles. The summed E-state index contributed by atoms with van der Waals surface area (Å²) >= 11 is 0. The van der Waals surface area contributed by atoms with E-state index >= 15 is 0 Å². The largest absolute Gasteiger partial charge is 0.329 e. The third-order valence-corrected chi connectivity index (χ3v) is 6.84. The molecular weight excluding hydrogens is 356 g/mol. The van der Waals surface area contributed by atoms with Gasteiger partial charge in [-0.05, 0) is 25.8 Å². The lowest BCUT2D eigenvalue weighted by molar-refractivity contribution is -0.129. The van der Waals surface area contributed by atoms with E-state index in [1.54, 1.807) is 31.9 Å². The quantitative estimate of drug-likeness (QED) is 0.803. The minimum absolute atomic E-state index is 0.0192. The molecule has 2 aromatic heterocycles. The number of nitrogens with one attached hydrogen (secondary N) is 1. The molecule has 0 bridgehead atoms. The molecule has 2 aromatic rings. The van der Waals surface area contributed by atoms with E-state index < -0.39 is 16.1 Å². The molecule has 26 heavy (non-hydrogen) atoms. The molecule has 1 aliphatic heterocycles. The summed E-state index contributed by atoms with van der Waals surface area (Å²) in [6.07, 6.45) is 5.07. The molecule has 0 spiro atoms. The molecule has 1 saturated heterocycles. The first kappa shape index (κ1) is 17.2. The number of carbonyl (C=O) groups excluding carboxylic acids is 1. The van der Waals surface area contributed by atoms with E-state index in [0.717, 1.165) is 18.5 Å². The highest BCUT2D eigenvalue weighted by Gasteiger charge is 2.49. The van der Waals surface area contributed by atoms with Crippen molar-refractivity contribution in [2.75, 3.05) is 0 Å². The molecule has 140 valence electrons. The zero-order valence-corrected chi connectivity index (χ0v) is 15.8. The van der Waals surface area contributed by atoms with Gasteiger partial charge in [-0.1, -0.05) is 0 Å². The van der Waals surface area contributed by atoms with Gasteiger partial charge in [0, 0.05) is 32.8 Å². The Morgan fingerprint density at radius 2 is 1.92 bits per heavy atom. The Hall–Kier alpha value is -2.20. The monoisotopic (exact) mass is 378 g/mol. The molecule has 0 radical (unpaired) electrons. The van der Waals surface area contributed by atoms with E-state index in [0.29, 0.717) is 5.69 Å². The minimum Gasteiger partial charge on any atom is -0.329 e. The summed E-state index contributed by atoms with van der Waals surface area (Å²) in [5.74, 6) is -0.0192. The Bertz CT molecular complexity index is 959. The van der Waals surface area contributed by atoms with E-state index in [-0.39, 0.29) is 29.3 Å². The smallest absolute Gasteiger partial charge is 0.244 e. The maximum absolute atomic E-state index is 12.9. The number of nitrogens with zero attached hydrogens (tertiary/aromatic N) is 5. The Balaban J connectivity index is 1.69. The van der Waals surface area contributed by atoms with Gasteiger partial charge >= 0.3 is 0 Å². The Morgan fingerprint density at radius 3 is 2.46 bits per heavy atom. The molecule has 0 unspecified atom stereocenters. The zero-order valence-electron chi connectivity index (χ0n) is 15.0. The van der Waals surface area contributed by atoms with Crippen molar-refractivity contribution in [3.05, 3.63) is 29.8 Å². The lowest BCUT2D eigenvalue weighted by atomic mass is 10.1. The summed E-state index contributed by atoms with van der Waals surface area (Å²) in [5, 5.41) is 8.21. The van der Waals surface area contributed by atoms with Gasteiger partial charge in [-0.25, -0.2) is 13.1 Å². The molecule has 4 rings (SSSR count). The van der Waals surface area contributed by atoms with Crippen molar-refractivity contribution < 1.29 is 13.2 Å². The molecule has 2 aliphatic rings. The van der Waals surface area contributed by atoms with Crippen LogP contribution in [-0.4, -0.2) is 50.9 Å². The molecule has 1 N–H and O–H groups in total. The van der Waals surface area contributed by atoms with E-state index in [2.05, 4.69) is 14.9 Å². The van der Waals surface area contributed by atoms with Crippen LogP contribution in [0, 0.1) is 6.92 Å². The highest BCUT2D eigenvalue weighted by molar-refractivity contribution is 7.89. The maximum Gasteiger partial charge on any atom is 0.244 e. The summed E-state index contributed by atoms with van der Waals surface area (Å²) in [6.45, 7) is 1.70. The van der Waals surface area contributed by atoms with Crippen LogP contribution < -0.4 is 4.72 Å². The molecule has 2 atom stereocenters. The average molecular weight is 378 g/mol. The highest BCUT2D eigenvalue weighted by Crippen LogP contribution is 2.42. The highest BCUT2D eigenvalue weighted by atomic mass is 32.2. The van der Waals surface area contributed by atoms with Crippen LogP contribution in [0.15, 0.2) is 23.4 Å². The number of likely N-dealkylation sites (tertiary alicyclic amines) is 1. The fourth-order valence-electron chi connectivity index (χ4n) is 3.67. The number of aryl methyl sites for hydroxylation is 2. The average Bonchev–Trinajstić information content (AvgIpc) is 3.11. The van der Waals surface area contributed by atoms with Crippen molar-refractivity contribution in [1.82, 2.24) is 29.2 Å². The van der Waals surface area contributed by atoms with Gasteiger partial charge < -0.3 is 4.90 Å². The van der Waals surface area contributed by atoms with Gasteiger partial charge in [0.2, 0.25) is 15.9 Å². The zero-order chi connectivity index (χ0) is 18.6. The molecular formula is C16H22N6O3S. The number of sulfonamides is 1. The SMILES string of the molecule is Cc1c(S(=O)(=O)N[C@@H]2CC(=O)N(C3CC3)[C@H]2c2ccnn2C)cnn1C. The number of hydrogen-bond donors (Lipinski definition) is 1. The summed E-state index contributed by atoms with van der Waals surface area (Å²) in [7, 11) is -0.284. The van der Waals surface area contributed by atoms with Gasteiger partial charge in [-0.15, -0.1) is 0 Å². The van der Waals surface area contributed by atoms with Gasteiger partial charge in [0.25, 0.3) is 0 Å². The lowest BCUT2D eigenvalue weighted by Gasteiger charge is -2.28. The van der Waals surface area contributed by atoms with Crippen molar-refractivity contribution in [2.24, 2.45) is 14.1 Å². The summed E-state index contributed by atoms with van der Waals surface area (Å²) < 4.78 is 31.8. The second-order valence-corrected chi connectivity index (χ2v) is 8.69. The van der Waals surface area contributed by atoms with E-state index in [1.165, 1.54) is 10.9 Å². The standard InChI is InChI=1S/C16H22N6O3S/c1-10-14(9-18-20(10)2)26(24,25)19-12-8-15(23)22(11-4-5-11)16(12)13-6-7-17-21(13)3/h6-7,9,11-12,16,19H,4-5,8H2,1-3H3/t12-,16-/m1/s1. The molecule has 9 nitrogen and oxygen atoms in total. The van der Waals surface area contributed by atoms with Gasteiger partial charge in [-0.2, -0.15) is 10.2 Å². The summed E-state index contributed by atoms with van der Waals surface area (Å²) in [5.41, 5.74) is 1.39. The fraction of sp³-hybridized carbons (Fsp3) is 0.562. The predicted octanol–water partition coefficient (Wildman–Crippen LogP) is 0.245. The summed E-state index contributed by atoms with van der Waals surface area (Å²) in [4.78, 5) is 14.6. The summed E-state index contributed by atoms with van der Waals surface area (Å²) in [6, 6.07) is 1.14.